The van der Waals surface area contributed by atoms with Gasteiger partial charge in [-0.25, -0.2) is 4.98 Å². The molecule has 0 radical (unpaired) electrons. The molecule has 0 unspecified atom stereocenters. The molecule has 0 bridgehead atoms. The molecule has 1 N–H and O–H groups in total. The van der Waals surface area contributed by atoms with E-state index in [1.165, 1.54) is 5.69 Å². The third kappa shape index (κ3) is 3.55. The van der Waals surface area contributed by atoms with Gasteiger partial charge in [-0.05, 0) is 25.1 Å². The molecule has 1 saturated heterocycles. The van der Waals surface area contributed by atoms with Crippen molar-refractivity contribution in [2.24, 2.45) is 0 Å². The number of piperazine rings is 1. The highest BCUT2D eigenvalue weighted by molar-refractivity contribution is 5.53. The largest absolute Gasteiger partial charge is 0.368 e. The predicted molar refractivity (Wildman–Crippen MR) is 97.4 cm³/mol. The molecule has 3 aromatic rings. The third-order valence-corrected chi connectivity index (χ3v) is 4.21. The molecule has 0 atom stereocenters. The molecule has 7 heteroatoms. The lowest BCUT2D eigenvalue weighted by atomic mass is 10.2. The van der Waals surface area contributed by atoms with Crippen LogP contribution in [0.3, 0.4) is 0 Å². The molecule has 25 heavy (non-hydrogen) atoms. The summed E-state index contributed by atoms with van der Waals surface area (Å²) in [5, 5.41) is 7.08. The van der Waals surface area contributed by atoms with Gasteiger partial charge in [0.2, 0.25) is 5.95 Å². The van der Waals surface area contributed by atoms with Crippen LogP contribution in [0.5, 0.6) is 0 Å². The first-order valence-corrected chi connectivity index (χ1v) is 8.36. The van der Waals surface area contributed by atoms with Gasteiger partial charge >= 0.3 is 0 Å². The smallest absolute Gasteiger partial charge is 0.227 e. The van der Waals surface area contributed by atoms with E-state index < -0.39 is 0 Å². The highest BCUT2D eigenvalue weighted by Crippen LogP contribution is 2.20. The van der Waals surface area contributed by atoms with Gasteiger partial charge in [-0.2, -0.15) is 4.98 Å². The van der Waals surface area contributed by atoms with Crippen molar-refractivity contribution < 1.29 is 4.52 Å². The van der Waals surface area contributed by atoms with E-state index in [1.54, 1.807) is 6.20 Å². The molecule has 0 aliphatic carbocycles. The predicted octanol–water partition coefficient (Wildman–Crippen LogP) is 2.84. The average Bonchev–Trinajstić information content (AvgIpc) is 3.07. The van der Waals surface area contributed by atoms with Gasteiger partial charge in [0.15, 0.2) is 5.82 Å². The maximum Gasteiger partial charge on any atom is 0.227 e. The van der Waals surface area contributed by atoms with Crippen LogP contribution in [0.4, 0.5) is 23.3 Å². The summed E-state index contributed by atoms with van der Waals surface area (Å²) >= 11 is 0. The Balaban J connectivity index is 1.42. The molecule has 1 fully saturated rings. The van der Waals surface area contributed by atoms with Crippen LogP contribution in [0.15, 0.2) is 53.2 Å². The van der Waals surface area contributed by atoms with E-state index in [2.05, 4.69) is 54.5 Å². The van der Waals surface area contributed by atoms with Crippen molar-refractivity contribution in [1.82, 2.24) is 15.1 Å². The molecule has 1 aliphatic heterocycles. The SMILES string of the molecule is Cc1cc(Nc2ccnc(N3CCN(c4ccccc4)CC3)n2)no1. The van der Waals surface area contributed by atoms with Gasteiger partial charge in [-0.3, -0.25) is 0 Å². The van der Waals surface area contributed by atoms with Crippen LogP contribution in [0.25, 0.3) is 0 Å². The Labute approximate surface area is 146 Å². The zero-order valence-corrected chi connectivity index (χ0v) is 14.1. The van der Waals surface area contributed by atoms with Crippen molar-refractivity contribution in [3.05, 3.63) is 54.4 Å². The number of benzene rings is 1. The van der Waals surface area contributed by atoms with Crippen LogP contribution < -0.4 is 15.1 Å². The first kappa shape index (κ1) is 15.4. The van der Waals surface area contributed by atoms with E-state index in [1.807, 2.05) is 25.1 Å². The summed E-state index contributed by atoms with van der Waals surface area (Å²) in [5.41, 5.74) is 1.26. The van der Waals surface area contributed by atoms with Crippen LogP contribution >= 0.6 is 0 Å². The molecule has 0 amide bonds. The van der Waals surface area contributed by atoms with Gasteiger partial charge in [-0.15, -0.1) is 0 Å². The molecular weight excluding hydrogens is 316 g/mol. The Bertz CT molecular complexity index is 826. The zero-order chi connectivity index (χ0) is 17.1. The Morgan fingerprint density at radius 3 is 2.44 bits per heavy atom. The second-order valence-corrected chi connectivity index (χ2v) is 6.00. The minimum atomic E-state index is 0.649. The Morgan fingerprint density at radius 2 is 1.72 bits per heavy atom. The van der Waals surface area contributed by atoms with Crippen LogP contribution in [0.1, 0.15) is 5.76 Å². The summed E-state index contributed by atoms with van der Waals surface area (Å²) in [6, 6.07) is 14.2. The number of nitrogens with zero attached hydrogens (tertiary/aromatic N) is 5. The summed E-state index contributed by atoms with van der Waals surface area (Å²) in [6.07, 6.45) is 1.77. The molecule has 4 rings (SSSR count). The molecule has 0 spiro atoms. The van der Waals surface area contributed by atoms with Gasteiger partial charge in [-0.1, -0.05) is 23.4 Å². The average molecular weight is 336 g/mol. The highest BCUT2D eigenvalue weighted by Gasteiger charge is 2.19. The quantitative estimate of drug-likeness (QED) is 0.785. The van der Waals surface area contributed by atoms with Crippen LogP contribution in [0, 0.1) is 6.92 Å². The van der Waals surface area contributed by atoms with Gasteiger partial charge in [0.05, 0.1) is 0 Å². The lowest BCUT2D eigenvalue weighted by Gasteiger charge is -2.36. The Morgan fingerprint density at radius 1 is 0.960 bits per heavy atom. The Kier molecular flexibility index (Phi) is 4.20. The van der Waals surface area contributed by atoms with E-state index in [-0.39, 0.29) is 0 Å². The number of nitrogens with one attached hydrogen (secondary N) is 1. The van der Waals surface area contributed by atoms with Crippen LogP contribution in [-0.2, 0) is 0 Å². The van der Waals surface area contributed by atoms with Crippen molar-refractivity contribution in [2.75, 3.05) is 41.3 Å². The van der Waals surface area contributed by atoms with Crippen molar-refractivity contribution in [1.29, 1.82) is 0 Å². The van der Waals surface area contributed by atoms with Crippen molar-refractivity contribution in [2.45, 2.75) is 6.92 Å². The first-order chi connectivity index (χ1) is 12.3. The number of anilines is 4. The minimum absolute atomic E-state index is 0.649. The Hall–Kier alpha value is -3.09. The van der Waals surface area contributed by atoms with Crippen LogP contribution in [-0.4, -0.2) is 41.3 Å². The number of aryl methyl sites for hydroxylation is 1. The second-order valence-electron chi connectivity index (χ2n) is 6.00. The van der Waals surface area contributed by atoms with Crippen molar-refractivity contribution in [3.8, 4) is 0 Å². The summed E-state index contributed by atoms with van der Waals surface area (Å²) in [6.45, 7) is 5.54. The topological polar surface area (TPSA) is 70.3 Å². The standard InChI is InChI=1S/C18H20N6O/c1-14-13-17(22-25-14)20-16-7-8-19-18(21-16)24-11-9-23(10-12-24)15-5-3-2-4-6-15/h2-8,13H,9-12H2,1H3,(H,19,20,21,22). The second kappa shape index (κ2) is 6.80. The number of para-hydroxylation sites is 1. The van der Waals surface area contributed by atoms with E-state index in [0.29, 0.717) is 11.6 Å². The van der Waals surface area contributed by atoms with Crippen molar-refractivity contribution >= 4 is 23.3 Å². The van der Waals surface area contributed by atoms with Gasteiger partial charge in [0.1, 0.15) is 11.6 Å². The molecule has 1 aliphatic rings. The summed E-state index contributed by atoms with van der Waals surface area (Å²) in [4.78, 5) is 13.6. The molecule has 2 aromatic heterocycles. The molecular formula is C18H20N6O. The van der Waals surface area contributed by atoms with E-state index in [0.717, 1.165) is 37.9 Å². The number of rotatable bonds is 4. The third-order valence-electron chi connectivity index (χ3n) is 4.21. The fourth-order valence-corrected chi connectivity index (χ4v) is 2.93. The first-order valence-electron chi connectivity index (χ1n) is 8.36. The molecule has 128 valence electrons. The monoisotopic (exact) mass is 336 g/mol. The lowest BCUT2D eigenvalue weighted by Crippen LogP contribution is -2.47. The fraction of sp³-hybridized carbons (Fsp3) is 0.278. The van der Waals surface area contributed by atoms with Gasteiger partial charge in [0.25, 0.3) is 0 Å². The summed E-state index contributed by atoms with van der Waals surface area (Å²) in [7, 11) is 0. The fourth-order valence-electron chi connectivity index (χ4n) is 2.93. The summed E-state index contributed by atoms with van der Waals surface area (Å²) < 4.78 is 5.07. The van der Waals surface area contributed by atoms with Crippen molar-refractivity contribution in [3.63, 3.8) is 0 Å². The minimum Gasteiger partial charge on any atom is -0.368 e. The zero-order valence-electron chi connectivity index (χ0n) is 14.1. The lowest BCUT2D eigenvalue weighted by molar-refractivity contribution is 0.400. The van der Waals surface area contributed by atoms with Crippen LogP contribution in [0.2, 0.25) is 0 Å². The highest BCUT2D eigenvalue weighted by atomic mass is 16.5. The van der Waals surface area contributed by atoms with E-state index in [9.17, 15) is 0 Å². The number of aromatic nitrogens is 3. The number of hydrogen-bond acceptors (Lipinski definition) is 7. The molecule has 1 aromatic carbocycles. The summed E-state index contributed by atoms with van der Waals surface area (Å²) in [5.74, 6) is 2.85. The van der Waals surface area contributed by atoms with E-state index in [4.69, 9.17) is 4.52 Å². The molecule has 7 nitrogen and oxygen atoms in total. The molecule has 3 heterocycles. The normalized spacial score (nSPS) is 14.6. The van der Waals surface area contributed by atoms with E-state index >= 15 is 0 Å². The maximum absolute atomic E-state index is 5.07. The van der Waals surface area contributed by atoms with Gasteiger partial charge < -0.3 is 19.6 Å². The maximum atomic E-state index is 5.07. The van der Waals surface area contributed by atoms with Gasteiger partial charge in [0, 0.05) is 44.1 Å². The molecule has 0 saturated carbocycles. The number of hydrogen-bond donors (Lipinski definition) is 1.